The quantitative estimate of drug-likeness (QED) is 0.833. The molecule has 0 aliphatic heterocycles. The molecule has 0 spiro atoms. The Morgan fingerprint density at radius 1 is 1.32 bits per heavy atom. The Morgan fingerprint density at radius 3 is 2.58 bits per heavy atom. The molecule has 0 radical (unpaired) electrons. The normalized spacial score (nSPS) is 10.1. The molecule has 0 atom stereocenters. The number of nitrogens with one attached hydrogen (secondary N) is 1. The third-order valence-corrected chi connectivity index (χ3v) is 3.44. The van der Waals surface area contributed by atoms with Gasteiger partial charge in [0.05, 0.1) is 11.5 Å². The van der Waals surface area contributed by atoms with Crippen LogP contribution in [-0.2, 0) is 9.59 Å². The maximum atomic E-state index is 11.7. The fourth-order valence-corrected chi connectivity index (χ4v) is 2.19. The summed E-state index contributed by atoms with van der Waals surface area (Å²) in [6.07, 6.45) is 0. The molecule has 1 rings (SSSR count). The van der Waals surface area contributed by atoms with E-state index in [0.29, 0.717) is 0 Å². The SMILES string of the molecule is Cc1c(NC(=O)CSCC(=O)O)cccc1N(C)C. The number of benzene rings is 1. The minimum atomic E-state index is -0.913. The highest BCUT2D eigenvalue weighted by atomic mass is 32.2. The molecule has 0 saturated carbocycles. The summed E-state index contributed by atoms with van der Waals surface area (Å²) in [4.78, 5) is 24.0. The zero-order valence-corrected chi connectivity index (χ0v) is 12.1. The van der Waals surface area contributed by atoms with E-state index < -0.39 is 5.97 Å². The Balaban J connectivity index is 2.64. The van der Waals surface area contributed by atoms with E-state index >= 15 is 0 Å². The standard InChI is InChI=1S/C13H18N2O3S/c1-9-10(5-4-6-11(9)15(2)3)14-12(16)7-19-8-13(17)18/h4-6H,7-8H2,1-3H3,(H,14,16)(H,17,18). The molecule has 0 unspecified atom stereocenters. The number of amides is 1. The average Bonchev–Trinajstić information content (AvgIpc) is 2.31. The zero-order valence-electron chi connectivity index (χ0n) is 11.3. The van der Waals surface area contributed by atoms with Gasteiger partial charge in [-0.25, -0.2) is 0 Å². The van der Waals surface area contributed by atoms with Crippen molar-refractivity contribution < 1.29 is 14.7 Å². The lowest BCUT2D eigenvalue weighted by atomic mass is 10.1. The molecule has 1 aromatic rings. The van der Waals surface area contributed by atoms with Crippen molar-refractivity contribution in [1.82, 2.24) is 0 Å². The van der Waals surface area contributed by atoms with E-state index in [2.05, 4.69) is 5.32 Å². The van der Waals surface area contributed by atoms with Crippen LogP contribution < -0.4 is 10.2 Å². The largest absolute Gasteiger partial charge is 0.481 e. The fraction of sp³-hybridized carbons (Fsp3) is 0.385. The van der Waals surface area contributed by atoms with Gasteiger partial charge in [-0.1, -0.05) is 6.07 Å². The van der Waals surface area contributed by atoms with Crippen LogP contribution in [0, 0.1) is 6.92 Å². The van der Waals surface area contributed by atoms with Crippen LogP contribution >= 0.6 is 11.8 Å². The van der Waals surface area contributed by atoms with Crippen LogP contribution in [0.15, 0.2) is 18.2 Å². The second-order valence-corrected chi connectivity index (χ2v) is 5.26. The summed E-state index contributed by atoms with van der Waals surface area (Å²) in [7, 11) is 3.88. The number of carboxylic acid groups (broad SMARTS) is 1. The maximum Gasteiger partial charge on any atom is 0.313 e. The van der Waals surface area contributed by atoms with E-state index in [1.54, 1.807) is 0 Å². The van der Waals surface area contributed by atoms with Gasteiger partial charge in [-0.2, -0.15) is 0 Å². The maximum absolute atomic E-state index is 11.7. The lowest BCUT2D eigenvalue weighted by Gasteiger charge is -2.18. The van der Waals surface area contributed by atoms with Gasteiger partial charge in [0, 0.05) is 25.5 Å². The van der Waals surface area contributed by atoms with E-state index in [1.807, 2.05) is 44.1 Å². The van der Waals surface area contributed by atoms with Crippen molar-refractivity contribution in [2.75, 3.05) is 35.8 Å². The van der Waals surface area contributed by atoms with E-state index in [1.165, 1.54) is 0 Å². The van der Waals surface area contributed by atoms with Crippen molar-refractivity contribution in [3.8, 4) is 0 Å². The number of carboxylic acids is 1. The van der Waals surface area contributed by atoms with Crippen LogP contribution in [0.3, 0.4) is 0 Å². The van der Waals surface area contributed by atoms with Crippen molar-refractivity contribution in [2.45, 2.75) is 6.92 Å². The molecule has 2 N–H and O–H groups in total. The summed E-state index contributed by atoms with van der Waals surface area (Å²) in [6, 6.07) is 5.69. The molecule has 0 fully saturated rings. The number of anilines is 2. The first-order valence-corrected chi connectivity index (χ1v) is 6.93. The summed E-state index contributed by atoms with van der Waals surface area (Å²) in [5, 5.41) is 11.3. The molecular formula is C13H18N2O3S. The summed E-state index contributed by atoms with van der Waals surface area (Å²) in [5.41, 5.74) is 2.78. The second kappa shape index (κ2) is 7.04. The highest BCUT2D eigenvalue weighted by molar-refractivity contribution is 8.00. The van der Waals surface area contributed by atoms with Gasteiger partial charge in [0.25, 0.3) is 0 Å². The average molecular weight is 282 g/mol. The molecule has 0 saturated heterocycles. The number of hydrogen-bond donors (Lipinski definition) is 2. The molecule has 0 bridgehead atoms. The smallest absolute Gasteiger partial charge is 0.313 e. The highest BCUT2D eigenvalue weighted by Gasteiger charge is 2.09. The molecule has 1 amide bonds. The molecule has 19 heavy (non-hydrogen) atoms. The van der Waals surface area contributed by atoms with E-state index in [-0.39, 0.29) is 17.4 Å². The predicted octanol–water partition coefficient (Wildman–Crippen LogP) is 1.82. The number of carbonyl (C=O) groups excluding carboxylic acids is 1. The van der Waals surface area contributed by atoms with Crippen molar-refractivity contribution in [1.29, 1.82) is 0 Å². The first kappa shape index (κ1) is 15.4. The molecule has 104 valence electrons. The predicted molar refractivity (Wildman–Crippen MR) is 79.1 cm³/mol. The van der Waals surface area contributed by atoms with Crippen LogP contribution in [0.4, 0.5) is 11.4 Å². The minimum absolute atomic E-state index is 0.0653. The van der Waals surface area contributed by atoms with Gasteiger partial charge >= 0.3 is 5.97 Å². The number of carbonyl (C=O) groups is 2. The molecule has 1 aromatic carbocycles. The second-order valence-electron chi connectivity index (χ2n) is 4.28. The van der Waals surface area contributed by atoms with Crippen LogP contribution in [0.25, 0.3) is 0 Å². The van der Waals surface area contributed by atoms with Crippen LogP contribution in [0.1, 0.15) is 5.56 Å². The number of nitrogens with zero attached hydrogens (tertiary/aromatic N) is 1. The summed E-state index contributed by atoms with van der Waals surface area (Å²) in [6.45, 7) is 1.94. The lowest BCUT2D eigenvalue weighted by molar-refractivity contribution is -0.133. The van der Waals surface area contributed by atoms with Gasteiger partial charge in [-0.3, -0.25) is 9.59 Å². The lowest BCUT2D eigenvalue weighted by Crippen LogP contribution is -2.17. The number of rotatable bonds is 6. The zero-order chi connectivity index (χ0) is 14.4. The molecule has 0 heterocycles. The summed E-state index contributed by atoms with van der Waals surface area (Å²) in [5.74, 6) is -1.03. The Bertz CT molecular complexity index is 475. The first-order valence-electron chi connectivity index (χ1n) is 5.78. The molecular weight excluding hydrogens is 264 g/mol. The van der Waals surface area contributed by atoms with Gasteiger partial charge in [-0.15, -0.1) is 11.8 Å². The summed E-state index contributed by atoms with van der Waals surface area (Å²) >= 11 is 1.08. The van der Waals surface area contributed by atoms with Crippen molar-refractivity contribution in [3.05, 3.63) is 23.8 Å². The van der Waals surface area contributed by atoms with Gasteiger partial charge in [0.2, 0.25) is 5.91 Å². The monoisotopic (exact) mass is 282 g/mol. The Kier molecular flexibility index (Phi) is 5.69. The number of thioether (sulfide) groups is 1. The van der Waals surface area contributed by atoms with E-state index in [9.17, 15) is 9.59 Å². The third-order valence-electron chi connectivity index (χ3n) is 2.52. The Morgan fingerprint density at radius 2 is 2.00 bits per heavy atom. The Labute approximate surface area is 117 Å². The fourth-order valence-electron chi connectivity index (χ4n) is 1.66. The van der Waals surface area contributed by atoms with Gasteiger partial charge in [-0.05, 0) is 24.6 Å². The van der Waals surface area contributed by atoms with Crippen LogP contribution in [-0.4, -0.2) is 42.6 Å². The first-order chi connectivity index (χ1) is 8.91. The molecule has 0 aliphatic rings. The third kappa shape index (κ3) is 4.82. The van der Waals surface area contributed by atoms with Gasteiger partial charge in [0.15, 0.2) is 0 Å². The number of aliphatic carboxylic acids is 1. The van der Waals surface area contributed by atoms with E-state index in [4.69, 9.17) is 5.11 Å². The molecule has 0 aromatic heterocycles. The highest BCUT2D eigenvalue weighted by Crippen LogP contribution is 2.25. The van der Waals surface area contributed by atoms with Crippen molar-refractivity contribution >= 4 is 35.0 Å². The number of hydrogen-bond acceptors (Lipinski definition) is 4. The van der Waals surface area contributed by atoms with Crippen molar-refractivity contribution in [3.63, 3.8) is 0 Å². The minimum Gasteiger partial charge on any atom is -0.481 e. The molecule has 5 nitrogen and oxygen atoms in total. The topological polar surface area (TPSA) is 69.6 Å². The molecule has 0 aliphatic carbocycles. The molecule has 6 heteroatoms. The Hall–Kier alpha value is -1.69. The van der Waals surface area contributed by atoms with Gasteiger partial charge in [0.1, 0.15) is 0 Å². The van der Waals surface area contributed by atoms with Crippen molar-refractivity contribution in [2.24, 2.45) is 0 Å². The van der Waals surface area contributed by atoms with Gasteiger partial charge < -0.3 is 15.3 Å². The van der Waals surface area contributed by atoms with E-state index in [0.717, 1.165) is 28.7 Å². The summed E-state index contributed by atoms with van der Waals surface area (Å²) < 4.78 is 0. The van der Waals surface area contributed by atoms with Crippen LogP contribution in [0.2, 0.25) is 0 Å². The van der Waals surface area contributed by atoms with Crippen LogP contribution in [0.5, 0.6) is 0 Å².